The van der Waals surface area contributed by atoms with E-state index in [4.69, 9.17) is 18.9 Å². The Labute approximate surface area is 233 Å². The molecule has 2 aromatic heterocycles. The van der Waals surface area contributed by atoms with Crippen LogP contribution in [0.15, 0.2) is 54.2 Å². The van der Waals surface area contributed by atoms with Crippen molar-refractivity contribution in [2.45, 2.75) is 26.8 Å². The summed E-state index contributed by atoms with van der Waals surface area (Å²) >= 11 is 4.75. The van der Waals surface area contributed by atoms with Crippen molar-refractivity contribution >= 4 is 45.1 Å². The van der Waals surface area contributed by atoms with Crippen LogP contribution in [-0.4, -0.2) is 56.8 Å². The minimum Gasteiger partial charge on any atom is -0.497 e. The van der Waals surface area contributed by atoms with Crippen LogP contribution in [0.2, 0.25) is 0 Å². The third kappa shape index (κ3) is 4.92. The van der Waals surface area contributed by atoms with E-state index >= 15 is 0 Å². The Morgan fingerprint density at radius 1 is 1.21 bits per heavy atom. The van der Waals surface area contributed by atoms with Crippen LogP contribution < -0.4 is 29.3 Å². The summed E-state index contributed by atoms with van der Waals surface area (Å²) in [5.41, 5.74) is 1.34. The maximum absolute atomic E-state index is 14.0. The van der Waals surface area contributed by atoms with Gasteiger partial charge in [-0.05, 0) is 54.9 Å². The Hall–Kier alpha value is -3.31. The van der Waals surface area contributed by atoms with E-state index < -0.39 is 6.04 Å². The number of ether oxygens (including phenoxy) is 2. The largest absolute Gasteiger partial charge is 0.497 e. The number of likely N-dealkylation sites (N-methyl/N-ethyl adjacent to an activating group) is 1. The average Bonchev–Trinajstić information content (AvgIpc) is 3.42. The number of nitrogens with zero attached hydrogens (tertiary/aromatic N) is 4. The Kier molecular flexibility index (Phi) is 8.17. The smallest absolute Gasteiger partial charge is 0.271 e. The zero-order valence-corrected chi connectivity index (χ0v) is 24.9. The first-order chi connectivity index (χ1) is 18.1. The van der Waals surface area contributed by atoms with E-state index in [2.05, 4.69) is 15.9 Å². The van der Waals surface area contributed by atoms with Crippen LogP contribution in [0.25, 0.3) is 6.08 Å². The molecule has 9 nitrogen and oxygen atoms in total. The molecule has 1 amide bonds. The molecule has 3 heterocycles. The van der Waals surface area contributed by atoms with Crippen LogP contribution in [0.3, 0.4) is 0 Å². The molecule has 1 atom stereocenters. The first kappa shape index (κ1) is 27.7. The minimum absolute atomic E-state index is 0.175. The number of thiazole rings is 1. The third-order valence-corrected chi connectivity index (χ3v) is 7.95. The second kappa shape index (κ2) is 11.2. The fourth-order valence-electron chi connectivity index (χ4n) is 4.51. The maximum Gasteiger partial charge on any atom is 0.271 e. The van der Waals surface area contributed by atoms with Crippen molar-refractivity contribution in [1.82, 2.24) is 9.47 Å². The zero-order valence-electron chi connectivity index (χ0n) is 22.5. The number of hydrogen-bond donors (Lipinski definition) is 0. The monoisotopic (exact) mass is 602 g/mol. The molecule has 0 spiro atoms. The van der Waals surface area contributed by atoms with Gasteiger partial charge in [-0.1, -0.05) is 11.3 Å². The van der Waals surface area contributed by atoms with E-state index in [9.17, 15) is 9.59 Å². The number of fused-ring (bicyclic) bond motifs is 1. The van der Waals surface area contributed by atoms with Crippen molar-refractivity contribution in [3.63, 3.8) is 0 Å². The molecule has 0 bridgehead atoms. The van der Waals surface area contributed by atoms with E-state index in [1.54, 1.807) is 48.8 Å². The Bertz CT molecular complexity index is 1580. The number of furan rings is 1. The number of allylic oxidation sites excluding steroid dienone is 1. The Morgan fingerprint density at radius 2 is 1.92 bits per heavy atom. The lowest BCUT2D eigenvalue weighted by Gasteiger charge is -2.30. The molecule has 0 saturated carbocycles. The standard InChI is InChI=1S/C27H31BrN4O5S/c1-8-31(9-2)25(34)22-15(3)29-27-32(23(22)18-12-16(35-6)10-11-20(18)36-7)24(33)21(38-27)14-17-13-19(28)26(37-17)30(4)5/h10-14,23H,8-9H2,1-7H3/b21-14+/t23-/m0/s1. The molecule has 0 N–H and O–H groups in total. The molecule has 0 aliphatic carbocycles. The summed E-state index contributed by atoms with van der Waals surface area (Å²) in [5.74, 6) is 2.12. The van der Waals surface area contributed by atoms with Gasteiger partial charge in [0.15, 0.2) is 4.80 Å². The number of hydrogen-bond acceptors (Lipinski definition) is 8. The molecular formula is C27H31BrN4O5S. The van der Waals surface area contributed by atoms with Gasteiger partial charge < -0.3 is 23.7 Å². The number of carbonyl (C=O) groups is 1. The van der Waals surface area contributed by atoms with Crippen molar-refractivity contribution in [1.29, 1.82) is 0 Å². The van der Waals surface area contributed by atoms with E-state index in [1.807, 2.05) is 45.0 Å². The molecular weight excluding hydrogens is 572 g/mol. The SMILES string of the molecule is CCN(CC)C(=O)C1=C(C)N=c2s/c(=C/c3cc(Br)c(N(C)C)o3)c(=O)n2[C@H]1c1cc(OC)ccc1OC. The lowest BCUT2D eigenvalue weighted by Crippen LogP contribution is -2.43. The number of rotatable bonds is 8. The van der Waals surface area contributed by atoms with Gasteiger partial charge >= 0.3 is 0 Å². The van der Waals surface area contributed by atoms with Crippen LogP contribution in [0.1, 0.15) is 38.1 Å². The molecule has 0 fully saturated rings. The van der Waals surface area contributed by atoms with E-state index in [1.165, 1.54) is 11.3 Å². The van der Waals surface area contributed by atoms with E-state index in [0.29, 0.717) is 62.4 Å². The van der Waals surface area contributed by atoms with Gasteiger partial charge in [0.05, 0.1) is 34.5 Å². The van der Waals surface area contributed by atoms with Gasteiger partial charge in [0.1, 0.15) is 23.3 Å². The molecule has 0 saturated heterocycles. The number of anilines is 1. The Balaban J connectivity index is 2.01. The minimum atomic E-state index is -0.757. The second-order valence-corrected chi connectivity index (χ2v) is 10.7. The van der Waals surface area contributed by atoms with Crippen LogP contribution in [0, 0.1) is 0 Å². The number of halogens is 1. The highest BCUT2D eigenvalue weighted by molar-refractivity contribution is 9.10. The third-order valence-electron chi connectivity index (χ3n) is 6.40. The summed E-state index contributed by atoms with van der Waals surface area (Å²) in [6.45, 7) is 6.72. The molecule has 4 rings (SSSR count). The predicted molar refractivity (Wildman–Crippen MR) is 152 cm³/mol. The first-order valence-electron chi connectivity index (χ1n) is 12.1. The van der Waals surface area contributed by atoms with Crippen molar-refractivity contribution in [3.8, 4) is 11.5 Å². The van der Waals surface area contributed by atoms with Gasteiger partial charge in [-0.2, -0.15) is 0 Å². The number of methoxy groups -OCH3 is 2. The average molecular weight is 604 g/mol. The molecule has 3 aromatic rings. The van der Waals surface area contributed by atoms with Crippen molar-refractivity contribution in [2.75, 3.05) is 46.3 Å². The molecule has 1 aliphatic heterocycles. The molecule has 0 unspecified atom stereocenters. The summed E-state index contributed by atoms with van der Waals surface area (Å²) in [6.07, 6.45) is 1.70. The van der Waals surface area contributed by atoms with Crippen molar-refractivity contribution < 1.29 is 18.7 Å². The van der Waals surface area contributed by atoms with Gasteiger partial charge in [0.25, 0.3) is 11.5 Å². The molecule has 1 aromatic carbocycles. The number of amides is 1. The van der Waals surface area contributed by atoms with Crippen molar-refractivity contribution in [3.05, 3.63) is 71.0 Å². The highest BCUT2D eigenvalue weighted by Crippen LogP contribution is 2.38. The van der Waals surface area contributed by atoms with Crippen molar-refractivity contribution in [2.24, 2.45) is 4.99 Å². The fraction of sp³-hybridized carbons (Fsp3) is 0.370. The Morgan fingerprint density at radius 3 is 2.50 bits per heavy atom. The summed E-state index contributed by atoms with van der Waals surface area (Å²) < 4.78 is 19.9. The lowest BCUT2D eigenvalue weighted by molar-refractivity contribution is -0.127. The van der Waals surface area contributed by atoms with Gasteiger partial charge in [0.2, 0.25) is 5.88 Å². The maximum atomic E-state index is 14.0. The van der Waals surface area contributed by atoms with Crippen LogP contribution >= 0.6 is 27.3 Å². The fourth-order valence-corrected chi connectivity index (χ4v) is 6.19. The van der Waals surface area contributed by atoms with Crippen LogP contribution in [0.4, 0.5) is 5.88 Å². The van der Waals surface area contributed by atoms with Gasteiger partial charge in [0, 0.05) is 44.9 Å². The van der Waals surface area contributed by atoms with Gasteiger partial charge in [-0.15, -0.1) is 0 Å². The molecule has 0 radical (unpaired) electrons. The number of carbonyl (C=O) groups excluding carboxylic acids is 1. The summed E-state index contributed by atoms with van der Waals surface area (Å²) in [6, 6.07) is 6.43. The highest BCUT2D eigenvalue weighted by Gasteiger charge is 2.36. The number of aromatic nitrogens is 1. The molecule has 1 aliphatic rings. The van der Waals surface area contributed by atoms with Crippen LogP contribution in [-0.2, 0) is 4.79 Å². The van der Waals surface area contributed by atoms with E-state index in [-0.39, 0.29) is 11.5 Å². The topological polar surface area (TPSA) is 89.5 Å². The molecule has 11 heteroatoms. The highest BCUT2D eigenvalue weighted by atomic mass is 79.9. The normalized spacial score (nSPS) is 15.3. The van der Waals surface area contributed by atoms with Crippen LogP contribution in [0.5, 0.6) is 11.5 Å². The summed E-state index contributed by atoms with van der Waals surface area (Å²) in [5, 5.41) is 0. The summed E-state index contributed by atoms with van der Waals surface area (Å²) in [7, 11) is 6.89. The van der Waals surface area contributed by atoms with E-state index in [0.717, 1.165) is 4.47 Å². The lowest BCUT2D eigenvalue weighted by atomic mass is 9.93. The second-order valence-electron chi connectivity index (χ2n) is 8.86. The number of benzene rings is 1. The van der Waals surface area contributed by atoms with Gasteiger partial charge in [-0.3, -0.25) is 14.2 Å². The molecule has 38 heavy (non-hydrogen) atoms. The molecule has 202 valence electrons. The quantitative estimate of drug-likeness (QED) is 0.392. The summed E-state index contributed by atoms with van der Waals surface area (Å²) in [4.78, 5) is 36.6. The first-order valence-corrected chi connectivity index (χ1v) is 13.8. The predicted octanol–water partition coefficient (Wildman–Crippen LogP) is 3.54. The van der Waals surface area contributed by atoms with Gasteiger partial charge in [-0.25, -0.2) is 4.99 Å². The zero-order chi connectivity index (χ0) is 27.7.